The van der Waals surface area contributed by atoms with Crippen LogP contribution in [0.4, 0.5) is 13.2 Å². The molecule has 0 aromatic carbocycles. The number of amidine groups is 1. The standard InChI is InChI=1S/C6H11F3N2O/c1-4(5(10)11)12-3-2-6(7,8)9/h4H,2-3H2,1H3,(H3,10,11). The van der Waals surface area contributed by atoms with Crippen LogP contribution in [0.3, 0.4) is 0 Å². The Morgan fingerprint density at radius 1 is 1.58 bits per heavy atom. The van der Waals surface area contributed by atoms with Crippen LogP contribution in [0.5, 0.6) is 0 Å². The molecule has 0 aliphatic rings. The molecule has 12 heavy (non-hydrogen) atoms. The lowest BCUT2D eigenvalue weighted by Gasteiger charge is -2.11. The Bertz CT molecular complexity index is 157. The summed E-state index contributed by atoms with van der Waals surface area (Å²) in [5.74, 6) is -0.267. The van der Waals surface area contributed by atoms with Gasteiger partial charge >= 0.3 is 6.18 Å². The van der Waals surface area contributed by atoms with Crippen molar-refractivity contribution in [3.05, 3.63) is 0 Å². The fraction of sp³-hybridized carbons (Fsp3) is 0.833. The fourth-order valence-corrected chi connectivity index (χ4v) is 0.441. The topological polar surface area (TPSA) is 59.1 Å². The van der Waals surface area contributed by atoms with Gasteiger partial charge in [0.2, 0.25) is 0 Å². The van der Waals surface area contributed by atoms with Gasteiger partial charge in [0.15, 0.2) is 0 Å². The van der Waals surface area contributed by atoms with Gasteiger partial charge in [-0.15, -0.1) is 0 Å². The lowest BCUT2D eigenvalue weighted by Crippen LogP contribution is -2.28. The van der Waals surface area contributed by atoms with Crippen molar-refractivity contribution in [3.63, 3.8) is 0 Å². The zero-order chi connectivity index (χ0) is 9.78. The number of nitrogens with one attached hydrogen (secondary N) is 1. The van der Waals surface area contributed by atoms with Gasteiger partial charge in [0, 0.05) is 0 Å². The molecule has 3 nitrogen and oxygen atoms in total. The summed E-state index contributed by atoms with van der Waals surface area (Å²) >= 11 is 0. The van der Waals surface area contributed by atoms with Gasteiger partial charge in [0.05, 0.1) is 13.0 Å². The maximum absolute atomic E-state index is 11.5. The first-order valence-electron chi connectivity index (χ1n) is 3.35. The van der Waals surface area contributed by atoms with Crippen LogP contribution in [-0.2, 0) is 4.74 Å². The molecule has 0 amide bonds. The Kier molecular flexibility index (Phi) is 4.02. The summed E-state index contributed by atoms with van der Waals surface area (Å²) in [5, 5.41) is 6.81. The molecule has 0 spiro atoms. The van der Waals surface area contributed by atoms with E-state index in [4.69, 9.17) is 11.1 Å². The third kappa shape index (κ3) is 5.96. The minimum Gasteiger partial charge on any atom is -0.385 e. The quantitative estimate of drug-likeness (QED) is 0.510. The van der Waals surface area contributed by atoms with Crippen LogP contribution in [0, 0.1) is 5.41 Å². The highest BCUT2D eigenvalue weighted by Crippen LogP contribution is 2.19. The predicted molar refractivity (Wildman–Crippen MR) is 38.0 cm³/mol. The molecule has 72 valence electrons. The molecule has 0 aliphatic heterocycles. The maximum atomic E-state index is 11.5. The average Bonchev–Trinajstić information content (AvgIpc) is 1.84. The van der Waals surface area contributed by atoms with E-state index in [0.29, 0.717) is 0 Å². The van der Waals surface area contributed by atoms with E-state index in [-0.39, 0.29) is 5.84 Å². The van der Waals surface area contributed by atoms with Gasteiger partial charge in [-0.05, 0) is 6.92 Å². The summed E-state index contributed by atoms with van der Waals surface area (Å²) in [6.45, 7) is 0.975. The lowest BCUT2D eigenvalue weighted by molar-refractivity contribution is -0.146. The molecule has 0 bridgehead atoms. The smallest absolute Gasteiger partial charge is 0.385 e. The van der Waals surface area contributed by atoms with Gasteiger partial charge in [0.25, 0.3) is 0 Å². The first-order chi connectivity index (χ1) is 5.33. The van der Waals surface area contributed by atoms with Crippen molar-refractivity contribution >= 4 is 5.84 Å². The summed E-state index contributed by atoms with van der Waals surface area (Å²) < 4.78 is 39.2. The van der Waals surface area contributed by atoms with Crippen LogP contribution in [0.2, 0.25) is 0 Å². The normalized spacial score (nSPS) is 14.3. The minimum atomic E-state index is -4.21. The molecule has 0 saturated carbocycles. The first-order valence-corrected chi connectivity index (χ1v) is 3.35. The molecule has 0 aliphatic carbocycles. The van der Waals surface area contributed by atoms with Crippen LogP contribution in [-0.4, -0.2) is 24.7 Å². The maximum Gasteiger partial charge on any atom is 0.391 e. The molecule has 0 heterocycles. The SMILES string of the molecule is CC(OCCC(F)(F)F)C(=N)N. The number of hydrogen-bond acceptors (Lipinski definition) is 2. The molecule has 1 atom stereocenters. The van der Waals surface area contributed by atoms with E-state index >= 15 is 0 Å². The molecule has 0 aromatic heterocycles. The van der Waals surface area contributed by atoms with Crippen molar-refractivity contribution in [1.29, 1.82) is 5.41 Å². The number of nitrogens with two attached hydrogens (primary N) is 1. The van der Waals surface area contributed by atoms with E-state index in [1.165, 1.54) is 6.92 Å². The summed E-state index contributed by atoms with van der Waals surface area (Å²) in [6.07, 6.45) is -5.96. The highest BCUT2D eigenvalue weighted by molar-refractivity contribution is 5.81. The van der Waals surface area contributed by atoms with Gasteiger partial charge in [-0.1, -0.05) is 0 Å². The monoisotopic (exact) mass is 184 g/mol. The molecule has 0 fully saturated rings. The molecule has 6 heteroatoms. The molecule has 0 aromatic rings. The number of rotatable bonds is 4. The van der Waals surface area contributed by atoms with E-state index in [1.54, 1.807) is 0 Å². The number of halogens is 3. The molecule has 0 saturated heterocycles. The van der Waals surface area contributed by atoms with E-state index in [1.807, 2.05) is 0 Å². The van der Waals surface area contributed by atoms with Crippen LogP contribution in [0.1, 0.15) is 13.3 Å². The van der Waals surface area contributed by atoms with Gasteiger partial charge in [-0.3, -0.25) is 5.41 Å². The number of hydrogen-bond donors (Lipinski definition) is 2. The molecule has 0 rings (SSSR count). The van der Waals surface area contributed by atoms with Crippen molar-refractivity contribution < 1.29 is 17.9 Å². The predicted octanol–water partition coefficient (Wildman–Crippen LogP) is 1.28. The molecular weight excluding hydrogens is 173 g/mol. The summed E-state index contributed by atoms with van der Waals surface area (Å²) in [5.41, 5.74) is 4.96. The molecular formula is C6H11F3N2O. The third-order valence-corrected chi connectivity index (χ3v) is 1.19. The van der Waals surface area contributed by atoms with Crippen LogP contribution in [0.15, 0.2) is 0 Å². The molecule has 3 N–H and O–H groups in total. The average molecular weight is 184 g/mol. The number of alkyl halides is 3. The summed E-state index contributed by atoms with van der Waals surface area (Å²) in [6, 6.07) is 0. The Labute approximate surface area is 68.2 Å². The Morgan fingerprint density at radius 2 is 2.08 bits per heavy atom. The Morgan fingerprint density at radius 3 is 2.42 bits per heavy atom. The van der Waals surface area contributed by atoms with E-state index in [0.717, 1.165) is 0 Å². The van der Waals surface area contributed by atoms with Gasteiger partial charge in [-0.2, -0.15) is 13.2 Å². The zero-order valence-electron chi connectivity index (χ0n) is 6.61. The second-order valence-corrected chi connectivity index (χ2v) is 2.33. The summed E-state index contributed by atoms with van der Waals surface area (Å²) in [7, 11) is 0. The van der Waals surface area contributed by atoms with Gasteiger partial charge in [0.1, 0.15) is 11.9 Å². The van der Waals surface area contributed by atoms with E-state index < -0.39 is 25.3 Å². The fourth-order valence-electron chi connectivity index (χ4n) is 0.441. The highest BCUT2D eigenvalue weighted by atomic mass is 19.4. The number of ether oxygens (including phenoxy) is 1. The second-order valence-electron chi connectivity index (χ2n) is 2.33. The minimum absolute atomic E-state index is 0.267. The van der Waals surface area contributed by atoms with E-state index in [9.17, 15) is 13.2 Å². The zero-order valence-corrected chi connectivity index (χ0v) is 6.61. The van der Waals surface area contributed by atoms with Crippen molar-refractivity contribution in [1.82, 2.24) is 0 Å². The van der Waals surface area contributed by atoms with Crippen LogP contribution < -0.4 is 5.73 Å². The van der Waals surface area contributed by atoms with Crippen molar-refractivity contribution in [2.45, 2.75) is 25.6 Å². The van der Waals surface area contributed by atoms with Crippen molar-refractivity contribution in [3.8, 4) is 0 Å². The van der Waals surface area contributed by atoms with E-state index in [2.05, 4.69) is 4.74 Å². The van der Waals surface area contributed by atoms with Crippen LogP contribution >= 0.6 is 0 Å². The van der Waals surface area contributed by atoms with Crippen molar-refractivity contribution in [2.24, 2.45) is 5.73 Å². The highest BCUT2D eigenvalue weighted by Gasteiger charge is 2.26. The molecule has 0 radical (unpaired) electrons. The largest absolute Gasteiger partial charge is 0.391 e. The Balaban J connectivity index is 3.51. The van der Waals surface area contributed by atoms with Crippen LogP contribution in [0.25, 0.3) is 0 Å². The summed E-state index contributed by atoms with van der Waals surface area (Å²) in [4.78, 5) is 0. The lowest BCUT2D eigenvalue weighted by atomic mass is 10.4. The Hall–Kier alpha value is -0.780. The second kappa shape index (κ2) is 4.30. The van der Waals surface area contributed by atoms with Gasteiger partial charge < -0.3 is 10.5 Å². The van der Waals surface area contributed by atoms with Gasteiger partial charge in [-0.25, -0.2) is 0 Å². The van der Waals surface area contributed by atoms with Crippen molar-refractivity contribution in [2.75, 3.05) is 6.61 Å². The first kappa shape index (κ1) is 11.2. The molecule has 1 unspecified atom stereocenters. The third-order valence-electron chi connectivity index (χ3n) is 1.19.